The fourth-order valence-electron chi connectivity index (χ4n) is 2.91. The number of nitrogens with one attached hydrogen (secondary N) is 2. The van der Waals surface area contributed by atoms with E-state index in [1.165, 1.54) is 12.8 Å². The lowest BCUT2D eigenvalue weighted by Gasteiger charge is -2.39. The highest BCUT2D eigenvalue weighted by Crippen LogP contribution is 2.31. The van der Waals surface area contributed by atoms with Crippen molar-refractivity contribution in [3.63, 3.8) is 0 Å². The van der Waals surface area contributed by atoms with E-state index in [2.05, 4.69) is 17.6 Å². The molecule has 0 aromatic heterocycles. The molecule has 0 unspecified atom stereocenters. The second-order valence-corrected chi connectivity index (χ2v) is 6.25. The highest BCUT2D eigenvalue weighted by atomic mass is 16.3. The first kappa shape index (κ1) is 16.0. The molecule has 1 fully saturated rings. The highest BCUT2D eigenvalue weighted by molar-refractivity contribution is 5.93. The van der Waals surface area contributed by atoms with Gasteiger partial charge < -0.3 is 15.7 Å². The SMILES string of the molecule is CNC(=O)c1ccc(CNC2(CO)CCC(C)CC2)cc1. The average Bonchev–Trinajstić information content (AvgIpc) is 2.54. The molecule has 3 N–H and O–H groups in total. The molecule has 1 saturated carbocycles. The lowest BCUT2D eigenvalue weighted by molar-refractivity contribution is 0.0963. The molecular formula is C17H26N2O2. The van der Waals surface area contributed by atoms with Gasteiger partial charge in [-0.3, -0.25) is 4.79 Å². The highest BCUT2D eigenvalue weighted by Gasteiger charge is 2.32. The van der Waals surface area contributed by atoms with E-state index in [0.29, 0.717) is 5.56 Å². The number of hydrogen-bond acceptors (Lipinski definition) is 3. The van der Waals surface area contributed by atoms with Crippen molar-refractivity contribution in [1.29, 1.82) is 0 Å². The van der Waals surface area contributed by atoms with E-state index in [4.69, 9.17) is 0 Å². The number of aliphatic hydroxyl groups excluding tert-OH is 1. The van der Waals surface area contributed by atoms with Crippen molar-refractivity contribution in [2.24, 2.45) is 5.92 Å². The predicted molar refractivity (Wildman–Crippen MR) is 84.1 cm³/mol. The van der Waals surface area contributed by atoms with E-state index in [9.17, 15) is 9.90 Å². The van der Waals surface area contributed by atoms with Crippen LogP contribution in [0.1, 0.15) is 48.5 Å². The van der Waals surface area contributed by atoms with Crippen molar-refractivity contribution in [1.82, 2.24) is 10.6 Å². The summed E-state index contributed by atoms with van der Waals surface area (Å²) < 4.78 is 0. The monoisotopic (exact) mass is 290 g/mol. The minimum Gasteiger partial charge on any atom is -0.394 e. The third-order valence-electron chi connectivity index (χ3n) is 4.64. The molecule has 1 amide bonds. The number of aliphatic hydroxyl groups is 1. The first-order valence-corrected chi connectivity index (χ1v) is 7.75. The van der Waals surface area contributed by atoms with Gasteiger partial charge in [-0.25, -0.2) is 0 Å². The molecule has 0 saturated heterocycles. The van der Waals surface area contributed by atoms with E-state index in [-0.39, 0.29) is 18.1 Å². The Kier molecular flexibility index (Phi) is 5.37. The van der Waals surface area contributed by atoms with Crippen molar-refractivity contribution in [3.8, 4) is 0 Å². The zero-order valence-electron chi connectivity index (χ0n) is 13.0. The van der Waals surface area contributed by atoms with Gasteiger partial charge >= 0.3 is 0 Å². The molecular weight excluding hydrogens is 264 g/mol. The van der Waals surface area contributed by atoms with Gasteiger partial charge in [-0.2, -0.15) is 0 Å². The molecule has 2 rings (SSSR count). The standard InChI is InChI=1S/C17H26N2O2/c1-13-7-9-17(12-20,10-8-13)19-11-14-3-5-15(6-4-14)16(21)18-2/h3-6,13,19-20H,7-12H2,1-2H3,(H,18,21). The molecule has 1 aromatic rings. The van der Waals surface area contributed by atoms with Gasteiger partial charge in [0.25, 0.3) is 5.91 Å². The van der Waals surface area contributed by atoms with Crippen LogP contribution in [0.25, 0.3) is 0 Å². The minimum absolute atomic E-state index is 0.0670. The molecule has 0 heterocycles. The van der Waals surface area contributed by atoms with Crippen LogP contribution in [0.2, 0.25) is 0 Å². The normalized spacial score (nSPS) is 25.6. The van der Waals surface area contributed by atoms with Gasteiger partial charge in [-0.15, -0.1) is 0 Å². The van der Waals surface area contributed by atoms with Gasteiger partial charge in [0.15, 0.2) is 0 Å². The Labute approximate surface area is 126 Å². The van der Waals surface area contributed by atoms with Crippen molar-refractivity contribution in [2.45, 2.75) is 44.7 Å². The van der Waals surface area contributed by atoms with E-state index < -0.39 is 0 Å². The fourth-order valence-corrected chi connectivity index (χ4v) is 2.91. The zero-order valence-corrected chi connectivity index (χ0v) is 13.0. The van der Waals surface area contributed by atoms with E-state index in [1.54, 1.807) is 7.05 Å². The Morgan fingerprint density at radius 2 is 1.90 bits per heavy atom. The van der Waals surface area contributed by atoms with Crippen LogP contribution in [0.4, 0.5) is 0 Å². The third kappa shape index (κ3) is 4.05. The lowest BCUT2D eigenvalue weighted by Crippen LogP contribution is -2.50. The first-order chi connectivity index (χ1) is 10.1. The van der Waals surface area contributed by atoms with Gasteiger partial charge in [-0.05, 0) is 49.3 Å². The van der Waals surface area contributed by atoms with Gasteiger partial charge in [0.05, 0.1) is 6.61 Å². The summed E-state index contributed by atoms with van der Waals surface area (Å²) >= 11 is 0. The van der Waals surface area contributed by atoms with Crippen LogP contribution < -0.4 is 10.6 Å². The van der Waals surface area contributed by atoms with Gasteiger partial charge in [-0.1, -0.05) is 19.1 Å². The van der Waals surface area contributed by atoms with E-state index >= 15 is 0 Å². The predicted octanol–water partition coefficient (Wildman–Crippen LogP) is 2.08. The summed E-state index contributed by atoms with van der Waals surface area (Å²) in [6.45, 7) is 3.19. The molecule has 0 bridgehead atoms. The van der Waals surface area contributed by atoms with Crippen molar-refractivity contribution in [2.75, 3.05) is 13.7 Å². The van der Waals surface area contributed by atoms with E-state index in [1.807, 2.05) is 24.3 Å². The van der Waals surface area contributed by atoms with Crippen LogP contribution in [-0.2, 0) is 6.54 Å². The number of rotatable bonds is 5. The maximum atomic E-state index is 11.5. The van der Waals surface area contributed by atoms with Gasteiger partial charge in [0, 0.05) is 24.7 Å². The maximum Gasteiger partial charge on any atom is 0.251 e. The van der Waals surface area contributed by atoms with Crippen LogP contribution in [0.3, 0.4) is 0 Å². The third-order valence-corrected chi connectivity index (χ3v) is 4.64. The van der Waals surface area contributed by atoms with Crippen molar-refractivity contribution in [3.05, 3.63) is 35.4 Å². The summed E-state index contributed by atoms with van der Waals surface area (Å²) in [4.78, 5) is 11.5. The first-order valence-electron chi connectivity index (χ1n) is 7.75. The fraction of sp³-hybridized carbons (Fsp3) is 0.588. The second-order valence-electron chi connectivity index (χ2n) is 6.25. The van der Waals surface area contributed by atoms with Crippen LogP contribution in [0.5, 0.6) is 0 Å². The summed E-state index contributed by atoms with van der Waals surface area (Å²) in [6.07, 6.45) is 4.40. The van der Waals surface area contributed by atoms with Crippen LogP contribution in [-0.4, -0.2) is 30.2 Å². The van der Waals surface area contributed by atoms with Crippen LogP contribution >= 0.6 is 0 Å². The Hall–Kier alpha value is -1.39. The lowest BCUT2D eigenvalue weighted by atomic mass is 9.77. The molecule has 4 nitrogen and oxygen atoms in total. The summed E-state index contributed by atoms with van der Waals surface area (Å²) in [6, 6.07) is 7.61. The molecule has 0 atom stereocenters. The van der Waals surface area contributed by atoms with Gasteiger partial charge in [0.2, 0.25) is 0 Å². The molecule has 0 radical (unpaired) electrons. The Morgan fingerprint density at radius 3 is 2.43 bits per heavy atom. The number of benzene rings is 1. The van der Waals surface area contributed by atoms with Crippen LogP contribution in [0.15, 0.2) is 24.3 Å². The molecule has 0 spiro atoms. The topological polar surface area (TPSA) is 61.4 Å². The zero-order chi connectivity index (χ0) is 15.3. The molecule has 1 aliphatic rings. The van der Waals surface area contributed by atoms with E-state index in [0.717, 1.165) is 30.9 Å². The number of carbonyl (C=O) groups is 1. The number of hydrogen-bond donors (Lipinski definition) is 3. The second kappa shape index (κ2) is 7.05. The average molecular weight is 290 g/mol. The Balaban J connectivity index is 1.94. The summed E-state index contributed by atoms with van der Waals surface area (Å²) in [5, 5.41) is 15.9. The van der Waals surface area contributed by atoms with Crippen LogP contribution in [0, 0.1) is 5.92 Å². The Morgan fingerprint density at radius 1 is 1.29 bits per heavy atom. The smallest absolute Gasteiger partial charge is 0.251 e. The minimum atomic E-state index is -0.133. The van der Waals surface area contributed by atoms with Crippen molar-refractivity contribution < 1.29 is 9.90 Å². The van der Waals surface area contributed by atoms with Crippen molar-refractivity contribution >= 4 is 5.91 Å². The summed E-state index contributed by atoms with van der Waals surface area (Å²) in [7, 11) is 1.63. The summed E-state index contributed by atoms with van der Waals surface area (Å²) in [5.41, 5.74) is 1.67. The molecule has 1 aromatic carbocycles. The quantitative estimate of drug-likeness (QED) is 0.778. The molecule has 21 heavy (non-hydrogen) atoms. The molecule has 1 aliphatic carbocycles. The maximum absolute atomic E-state index is 11.5. The Bertz CT molecular complexity index is 462. The molecule has 0 aliphatic heterocycles. The summed E-state index contributed by atoms with van der Waals surface area (Å²) in [5.74, 6) is 0.695. The number of carbonyl (C=O) groups excluding carboxylic acids is 1. The number of amides is 1. The largest absolute Gasteiger partial charge is 0.394 e. The molecule has 4 heteroatoms. The molecule has 116 valence electrons. The van der Waals surface area contributed by atoms with Gasteiger partial charge in [0.1, 0.15) is 0 Å².